The lowest BCUT2D eigenvalue weighted by Gasteiger charge is -2.49. The molecule has 5 aliphatic rings. The van der Waals surface area contributed by atoms with Crippen molar-refractivity contribution < 1.29 is 124 Å². The number of aliphatic hydroxyl groups excluding tert-OH is 16. The van der Waals surface area contributed by atoms with Crippen molar-refractivity contribution in [2.24, 2.45) is 0 Å². The predicted octanol–water partition coefficient (Wildman–Crippen LogP) is -10.9. The quantitative estimate of drug-likeness (QED) is 0.0870. The number of aliphatic hydroxyl groups is 16. The first-order valence-electron chi connectivity index (χ1n) is 17.5. The van der Waals surface area contributed by atoms with Gasteiger partial charge in [0.05, 0.1) is 32.5 Å². The third-order valence-corrected chi connectivity index (χ3v) is 10.3. The molecule has 5 heterocycles. The fourth-order valence-electron chi connectivity index (χ4n) is 6.98. The van der Waals surface area contributed by atoms with E-state index in [1.165, 1.54) is 6.92 Å². The fourth-order valence-corrected chi connectivity index (χ4v) is 6.98. The average molecular weight is 813 g/mol. The van der Waals surface area contributed by atoms with Gasteiger partial charge in [-0.3, -0.25) is 0 Å². The lowest BCUT2D eigenvalue weighted by Crippen LogP contribution is -2.68. The minimum atomic E-state index is -2.10. The highest BCUT2D eigenvalue weighted by Gasteiger charge is 2.56. The predicted molar refractivity (Wildman–Crippen MR) is 165 cm³/mol. The summed E-state index contributed by atoms with van der Waals surface area (Å²) < 4.78 is 49.3. The standard InChI is InChI=1S/C30H52O25/c1-6-11(35)12(36)18(42)27(47-6)52-23-8(3-32)49-29(19(43)14(23)38)54-25-10(5-34)51-30(21(45)16(25)40)55-24-9(4-33)50-28(20(44)15(24)39)53-22-7(2-31)48-26(46)17(41)13(22)37/h6-46H,2-5H2,1H3/t6-,7-,8-,9-,10-,11-,12+,13-,14-,15-,16-,17-,18-,19-,20-,21-,22-,23-,24-,25-,26-,27-,28-,29-,30-/m1/s1. The Morgan fingerprint density at radius 3 is 0.927 bits per heavy atom. The van der Waals surface area contributed by atoms with Crippen molar-refractivity contribution in [2.75, 3.05) is 26.4 Å². The van der Waals surface area contributed by atoms with E-state index in [0.29, 0.717) is 0 Å². The number of hydrogen-bond acceptors (Lipinski definition) is 25. The SMILES string of the molecule is C[C@H]1O[C@H](O[C@H]2[C@H](O)[C@@H](O)[C@@H](O[C@H]3[C@H](O)[C@@H](O)[C@@H](O[C@H]4[C@H](O)[C@@H](O)[C@@H](O[C@H]5[C@H](O)[C@@H](O)[C@H](O)O[C@@H]5CO)O[C@@H]4CO)O[C@@H]3CO)O[C@@H]2CO)[C@H](O)[C@@H](O)[C@@H]1O. The lowest BCUT2D eigenvalue weighted by molar-refractivity contribution is -0.392. The normalized spacial score (nSPS) is 53.9. The van der Waals surface area contributed by atoms with Gasteiger partial charge >= 0.3 is 0 Å². The first-order valence-corrected chi connectivity index (χ1v) is 17.5. The molecular weight excluding hydrogens is 760 g/mol. The Morgan fingerprint density at radius 1 is 0.327 bits per heavy atom. The fraction of sp³-hybridized carbons (Fsp3) is 1.00. The van der Waals surface area contributed by atoms with E-state index < -0.39 is 180 Å². The molecule has 0 aliphatic carbocycles. The van der Waals surface area contributed by atoms with E-state index >= 15 is 0 Å². The number of rotatable bonds is 12. The molecule has 25 heteroatoms. The van der Waals surface area contributed by atoms with Gasteiger partial charge in [-0.2, -0.15) is 0 Å². The van der Waals surface area contributed by atoms with Crippen LogP contribution in [0.25, 0.3) is 0 Å². The molecule has 5 saturated heterocycles. The van der Waals surface area contributed by atoms with Gasteiger partial charge in [0.2, 0.25) is 0 Å². The molecule has 55 heavy (non-hydrogen) atoms. The molecule has 5 fully saturated rings. The highest BCUT2D eigenvalue weighted by atomic mass is 16.8. The Morgan fingerprint density at radius 2 is 0.600 bits per heavy atom. The van der Waals surface area contributed by atoms with Crippen molar-refractivity contribution in [1.82, 2.24) is 0 Å². The van der Waals surface area contributed by atoms with Gasteiger partial charge in [-0.15, -0.1) is 0 Å². The zero-order valence-electron chi connectivity index (χ0n) is 29.1. The van der Waals surface area contributed by atoms with Crippen molar-refractivity contribution in [2.45, 2.75) is 160 Å². The third kappa shape index (κ3) is 9.11. The van der Waals surface area contributed by atoms with E-state index in [2.05, 4.69) is 0 Å². The molecule has 0 radical (unpaired) electrons. The maximum Gasteiger partial charge on any atom is 0.187 e. The summed E-state index contributed by atoms with van der Waals surface area (Å²) in [6.07, 6.45) is -44.2. The van der Waals surface area contributed by atoms with Crippen LogP contribution in [0.4, 0.5) is 0 Å². The van der Waals surface area contributed by atoms with E-state index in [1.807, 2.05) is 0 Å². The molecule has 25 atom stereocenters. The lowest BCUT2D eigenvalue weighted by atomic mass is 9.95. The van der Waals surface area contributed by atoms with Crippen molar-refractivity contribution in [1.29, 1.82) is 0 Å². The van der Waals surface area contributed by atoms with Crippen LogP contribution in [0.5, 0.6) is 0 Å². The molecule has 0 spiro atoms. The van der Waals surface area contributed by atoms with Crippen molar-refractivity contribution in [3.63, 3.8) is 0 Å². The highest BCUT2D eigenvalue weighted by Crippen LogP contribution is 2.35. The molecule has 25 nitrogen and oxygen atoms in total. The van der Waals surface area contributed by atoms with Gasteiger partial charge in [-0.25, -0.2) is 0 Å². The molecule has 322 valence electrons. The van der Waals surface area contributed by atoms with E-state index in [0.717, 1.165) is 0 Å². The van der Waals surface area contributed by atoms with Gasteiger partial charge in [0.15, 0.2) is 31.5 Å². The zero-order valence-corrected chi connectivity index (χ0v) is 29.1. The van der Waals surface area contributed by atoms with Gasteiger partial charge in [0, 0.05) is 0 Å². The Hall–Kier alpha value is -1.00. The van der Waals surface area contributed by atoms with Crippen LogP contribution < -0.4 is 0 Å². The second-order valence-corrected chi connectivity index (χ2v) is 13.9. The number of hydrogen-bond donors (Lipinski definition) is 16. The second-order valence-electron chi connectivity index (χ2n) is 13.9. The zero-order chi connectivity index (χ0) is 40.6. The largest absolute Gasteiger partial charge is 0.394 e. The molecule has 0 bridgehead atoms. The smallest absolute Gasteiger partial charge is 0.187 e. The maximum absolute atomic E-state index is 11.1. The summed E-state index contributed by atoms with van der Waals surface area (Å²) in [6, 6.07) is 0. The highest BCUT2D eigenvalue weighted by molar-refractivity contribution is 4.98. The van der Waals surface area contributed by atoms with Crippen LogP contribution in [0.2, 0.25) is 0 Å². The van der Waals surface area contributed by atoms with Crippen molar-refractivity contribution >= 4 is 0 Å². The summed E-state index contributed by atoms with van der Waals surface area (Å²) in [5.74, 6) is 0. The Labute approximate surface area is 311 Å². The summed E-state index contributed by atoms with van der Waals surface area (Å²) in [5.41, 5.74) is 0. The molecule has 16 N–H and O–H groups in total. The van der Waals surface area contributed by atoms with Crippen LogP contribution in [-0.2, 0) is 42.6 Å². The van der Waals surface area contributed by atoms with Crippen LogP contribution in [0.3, 0.4) is 0 Å². The summed E-state index contributed by atoms with van der Waals surface area (Å²) in [7, 11) is 0. The van der Waals surface area contributed by atoms with E-state index in [9.17, 15) is 81.7 Å². The summed E-state index contributed by atoms with van der Waals surface area (Å²) in [5, 5.41) is 166. The monoisotopic (exact) mass is 812 g/mol. The van der Waals surface area contributed by atoms with Crippen LogP contribution in [0.1, 0.15) is 6.92 Å². The van der Waals surface area contributed by atoms with Crippen LogP contribution >= 0.6 is 0 Å². The minimum absolute atomic E-state index is 0.830. The molecule has 0 amide bonds. The van der Waals surface area contributed by atoms with Gasteiger partial charge in [-0.05, 0) is 6.92 Å². The van der Waals surface area contributed by atoms with E-state index in [1.54, 1.807) is 0 Å². The summed E-state index contributed by atoms with van der Waals surface area (Å²) in [6.45, 7) is -2.24. The van der Waals surface area contributed by atoms with Crippen LogP contribution in [0, 0.1) is 0 Å². The molecular formula is C30H52O25. The molecule has 5 rings (SSSR count). The average Bonchev–Trinajstić information content (AvgIpc) is 3.17. The Bertz CT molecular complexity index is 1180. The second kappa shape index (κ2) is 18.9. The first-order chi connectivity index (χ1) is 26.0. The molecule has 0 aromatic heterocycles. The Balaban J connectivity index is 1.22. The van der Waals surface area contributed by atoms with Gasteiger partial charge in [0.1, 0.15) is 116 Å². The summed E-state index contributed by atoms with van der Waals surface area (Å²) in [4.78, 5) is 0. The maximum atomic E-state index is 11.1. The number of ether oxygens (including phenoxy) is 9. The minimum Gasteiger partial charge on any atom is -0.394 e. The van der Waals surface area contributed by atoms with Crippen molar-refractivity contribution in [3.05, 3.63) is 0 Å². The topological polar surface area (TPSA) is 407 Å². The summed E-state index contributed by atoms with van der Waals surface area (Å²) >= 11 is 0. The first kappa shape index (κ1) is 45.1. The molecule has 0 aromatic rings. The third-order valence-electron chi connectivity index (χ3n) is 10.3. The van der Waals surface area contributed by atoms with Crippen LogP contribution in [0.15, 0.2) is 0 Å². The van der Waals surface area contributed by atoms with Gasteiger partial charge in [0.25, 0.3) is 0 Å². The van der Waals surface area contributed by atoms with E-state index in [4.69, 9.17) is 42.6 Å². The van der Waals surface area contributed by atoms with Gasteiger partial charge in [-0.1, -0.05) is 0 Å². The van der Waals surface area contributed by atoms with Crippen molar-refractivity contribution in [3.8, 4) is 0 Å². The molecule has 0 unspecified atom stereocenters. The Kier molecular flexibility index (Phi) is 15.5. The molecule has 0 saturated carbocycles. The van der Waals surface area contributed by atoms with E-state index in [-0.39, 0.29) is 0 Å². The molecule has 0 aromatic carbocycles. The van der Waals surface area contributed by atoms with Crippen LogP contribution in [-0.4, -0.2) is 262 Å². The van der Waals surface area contributed by atoms with Gasteiger partial charge < -0.3 is 124 Å². The molecule has 5 aliphatic heterocycles.